The largest absolute Gasteiger partial charge is 0.387 e. The highest BCUT2D eigenvalue weighted by molar-refractivity contribution is 5.74. The summed E-state index contributed by atoms with van der Waals surface area (Å²) in [4.78, 5) is 13.5. The van der Waals surface area contributed by atoms with Gasteiger partial charge >= 0.3 is 6.03 Å². The summed E-state index contributed by atoms with van der Waals surface area (Å²) >= 11 is 0. The second-order valence-corrected chi connectivity index (χ2v) is 5.54. The Morgan fingerprint density at radius 3 is 2.53 bits per heavy atom. The first-order valence-electron chi connectivity index (χ1n) is 6.30. The zero-order chi connectivity index (χ0) is 12.9. The van der Waals surface area contributed by atoms with E-state index in [4.69, 9.17) is 0 Å². The molecule has 100 valence electrons. The van der Waals surface area contributed by atoms with E-state index in [1.807, 2.05) is 19.0 Å². The third-order valence-corrected chi connectivity index (χ3v) is 2.98. The quantitative estimate of drug-likeness (QED) is 0.660. The van der Waals surface area contributed by atoms with Crippen LogP contribution in [0.5, 0.6) is 0 Å². The van der Waals surface area contributed by atoms with Crippen LogP contribution in [0.1, 0.15) is 32.6 Å². The Morgan fingerprint density at radius 2 is 2.00 bits per heavy atom. The number of carbonyl (C=O) groups is 1. The van der Waals surface area contributed by atoms with E-state index >= 15 is 0 Å². The number of amides is 2. The second kappa shape index (κ2) is 6.21. The molecule has 1 unspecified atom stereocenters. The number of hydrogen-bond acceptors (Lipinski definition) is 3. The predicted molar refractivity (Wildman–Crippen MR) is 68.0 cm³/mol. The van der Waals surface area contributed by atoms with Crippen molar-refractivity contribution in [2.75, 3.05) is 27.2 Å². The molecule has 0 radical (unpaired) electrons. The summed E-state index contributed by atoms with van der Waals surface area (Å²) < 4.78 is 0. The molecule has 5 heteroatoms. The van der Waals surface area contributed by atoms with Gasteiger partial charge in [0.2, 0.25) is 0 Å². The summed E-state index contributed by atoms with van der Waals surface area (Å²) in [6, 6.07) is 0.143. The van der Waals surface area contributed by atoms with E-state index in [2.05, 4.69) is 10.6 Å². The minimum Gasteiger partial charge on any atom is -0.387 e. The van der Waals surface area contributed by atoms with Crippen LogP contribution in [0.4, 0.5) is 4.79 Å². The Morgan fingerprint density at radius 1 is 1.41 bits per heavy atom. The zero-order valence-electron chi connectivity index (χ0n) is 11.1. The predicted octanol–water partition coefficient (Wildman–Crippen LogP) is 0.541. The van der Waals surface area contributed by atoms with Gasteiger partial charge in [0.05, 0.1) is 5.60 Å². The molecular formula is C12H25N3O2. The first-order valence-corrected chi connectivity index (χ1v) is 6.30. The van der Waals surface area contributed by atoms with Crippen LogP contribution in [-0.2, 0) is 0 Å². The topological polar surface area (TPSA) is 64.6 Å². The van der Waals surface area contributed by atoms with Gasteiger partial charge in [0.15, 0.2) is 0 Å². The van der Waals surface area contributed by atoms with Crippen molar-refractivity contribution in [1.29, 1.82) is 0 Å². The van der Waals surface area contributed by atoms with Crippen LogP contribution in [0.15, 0.2) is 0 Å². The first kappa shape index (κ1) is 14.3. The molecular weight excluding hydrogens is 218 g/mol. The Balaban J connectivity index is 2.22. The average Bonchev–Trinajstić information content (AvgIpc) is 2.65. The number of hydrogen-bond donors (Lipinski definition) is 3. The fourth-order valence-electron chi connectivity index (χ4n) is 2.31. The molecule has 1 aliphatic carbocycles. The normalized spacial score (nSPS) is 20.3. The highest BCUT2D eigenvalue weighted by Gasteiger charge is 2.23. The van der Waals surface area contributed by atoms with Crippen LogP contribution < -0.4 is 10.6 Å². The average molecular weight is 243 g/mol. The number of rotatable bonds is 5. The van der Waals surface area contributed by atoms with Crippen LogP contribution in [0.2, 0.25) is 0 Å². The van der Waals surface area contributed by atoms with E-state index in [0.717, 1.165) is 12.8 Å². The van der Waals surface area contributed by atoms with Crippen LogP contribution in [0.3, 0.4) is 0 Å². The molecule has 17 heavy (non-hydrogen) atoms. The third kappa shape index (κ3) is 5.89. The van der Waals surface area contributed by atoms with Gasteiger partial charge < -0.3 is 20.6 Å². The van der Waals surface area contributed by atoms with Gasteiger partial charge in [-0.1, -0.05) is 12.8 Å². The Bertz CT molecular complexity index is 248. The van der Waals surface area contributed by atoms with E-state index in [0.29, 0.717) is 12.6 Å². The summed E-state index contributed by atoms with van der Waals surface area (Å²) in [5, 5.41) is 15.7. The molecule has 1 rings (SSSR count). The molecule has 0 aromatic heterocycles. The Kier molecular flexibility index (Phi) is 5.21. The number of urea groups is 1. The SMILES string of the molecule is CN(C)CC(C)(O)CNC(=O)NC1CCCC1. The standard InChI is InChI=1S/C12H25N3O2/c1-12(17,9-15(2)3)8-13-11(16)14-10-6-4-5-7-10/h10,17H,4-9H2,1-3H3,(H2,13,14,16). The number of carbonyl (C=O) groups excluding carboxylic acids is 1. The Hall–Kier alpha value is -0.810. The van der Waals surface area contributed by atoms with Gasteiger partial charge in [-0.15, -0.1) is 0 Å². The van der Waals surface area contributed by atoms with Crippen molar-refractivity contribution in [3.63, 3.8) is 0 Å². The fraction of sp³-hybridized carbons (Fsp3) is 0.917. The third-order valence-electron chi connectivity index (χ3n) is 2.98. The summed E-state index contributed by atoms with van der Waals surface area (Å²) in [5.41, 5.74) is -0.892. The van der Waals surface area contributed by atoms with Crippen molar-refractivity contribution in [3.8, 4) is 0 Å². The molecule has 1 atom stereocenters. The maximum Gasteiger partial charge on any atom is 0.315 e. The van der Waals surface area contributed by atoms with Crippen molar-refractivity contribution < 1.29 is 9.90 Å². The molecule has 0 saturated heterocycles. The van der Waals surface area contributed by atoms with E-state index in [9.17, 15) is 9.90 Å². The first-order chi connectivity index (χ1) is 7.89. The molecule has 2 amide bonds. The van der Waals surface area contributed by atoms with Gasteiger partial charge in [0, 0.05) is 19.1 Å². The molecule has 1 saturated carbocycles. The molecule has 0 aromatic rings. The maximum atomic E-state index is 11.6. The van der Waals surface area contributed by atoms with E-state index in [-0.39, 0.29) is 12.6 Å². The fourth-order valence-corrected chi connectivity index (χ4v) is 2.31. The number of aliphatic hydroxyl groups is 1. The number of likely N-dealkylation sites (N-methyl/N-ethyl adjacent to an activating group) is 1. The van der Waals surface area contributed by atoms with Crippen LogP contribution in [0.25, 0.3) is 0 Å². The minimum atomic E-state index is -0.892. The van der Waals surface area contributed by atoms with E-state index < -0.39 is 5.60 Å². The monoisotopic (exact) mass is 243 g/mol. The van der Waals surface area contributed by atoms with Crippen molar-refractivity contribution in [1.82, 2.24) is 15.5 Å². The highest BCUT2D eigenvalue weighted by Crippen LogP contribution is 2.17. The zero-order valence-corrected chi connectivity index (χ0v) is 11.1. The van der Waals surface area contributed by atoms with Crippen molar-refractivity contribution in [2.45, 2.75) is 44.2 Å². The summed E-state index contributed by atoms with van der Waals surface area (Å²) in [6.07, 6.45) is 4.54. The summed E-state index contributed by atoms with van der Waals surface area (Å²) in [5.74, 6) is 0. The summed E-state index contributed by atoms with van der Waals surface area (Å²) in [6.45, 7) is 2.52. The molecule has 0 aromatic carbocycles. The van der Waals surface area contributed by atoms with Crippen LogP contribution in [-0.4, -0.2) is 54.9 Å². The molecule has 0 aliphatic heterocycles. The van der Waals surface area contributed by atoms with Gasteiger partial charge in [0.25, 0.3) is 0 Å². The molecule has 0 bridgehead atoms. The van der Waals surface area contributed by atoms with Crippen molar-refractivity contribution in [3.05, 3.63) is 0 Å². The van der Waals surface area contributed by atoms with Gasteiger partial charge in [-0.05, 0) is 33.9 Å². The van der Waals surface area contributed by atoms with Crippen molar-refractivity contribution in [2.24, 2.45) is 0 Å². The van der Waals surface area contributed by atoms with Crippen molar-refractivity contribution >= 4 is 6.03 Å². The highest BCUT2D eigenvalue weighted by atomic mass is 16.3. The van der Waals surface area contributed by atoms with Gasteiger partial charge in [-0.2, -0.15) is 0 Å². The minimum absolute atomic E-state index is 0.170. The Labute approximate surface area is 104 Å². The summed E-state index contributed by atoms with van der Waals surface area (Å²) in [7, 11) is 3.79. The number of nitrogens with one attached hydrogen (secondary N) is 2. The molecule has 1 aliphatic rings. The maximum absolute atomic E-state index is 11.6. The van der Waals surface area contributed by atoms with E-state index in [1.54, 1.807) is 6.92 Å². The molecule has 0 spiro atoms. The molecule has 0 heterocycles. The lowest BCUT2D eigenvalue weighted by Crippen LogP contribution is -2.50. The molecule has 3 N–H and O–H groups in total. The second-order valence-electron chi connectivity index (χ2n) is 5.54. The molecule has 5 nitrogen and oxygen atoms in total. The van der Waals surface area contributed by atoms with Gasteiger partial charge in [0.1, 0.15) is 0 Å². The lowest BCUT2D eigenvalue weighted by atomic mass is 10.1. The van der Waals surface area contributed by atoms with Gasteiger partial charge in [-0.3, -0.25) is 0 Å². The molecule has 1 fully saturated rings. The van der Waals surface area contributed by atoms with Gasteiger partial charge in [-0.25, -0.2) is 4.79 Å². The lowest BCUT2D eigenvalue weighted by molar-refractivity contribution is 0.0359. The smallest absolute Gasteiger partial charge is 0.315 e. The van der Waals surface area contributed by atoms with Crippen LogP contribution in [0, 0.1) is 0 Å². The van der Waals surface area contributed by atoms with Crippen LogP contribution >= 0.6 is 0 Å². The van der Waals surface area contributed by atoms with E-state index in [1.165, 1.54) is 12.8 Å². The number of nitrogens with zero attached hydrogens (tertiary/aromatic N) is 1. The lowest BCUT2D eigenvalue weighted by Gasteiger charge is -2.27.